The minimum atomic E-state index is 0.659. The summed E-state index contributed by atoms with van der Waals surface area (Å²) in [6.07, 6.45) is 3.74. The highest BCUT2D eigenvalue weighted by molar-refractivity contribution is 7.98. The van der Waals surface area contributed by atoms with Gasteiger partial charge in [0.05, 0.1) is 5.52 Å². The first-order chi connectivity index (χ1) is 8.24. The topological polar surface area (TPSA) is 37.8 Å². The molecule has 0 unspecified atom stereocenters. The number of aromatic nitrogens is 2. The van der Waals surface area contributed by atoms with Crippen LogP contribution in [0.25, 0.3) is 10.9 Å². The lowest BCUT2D eigenvalue weighted by Gasteiger charge is -2.08. The molecule has 0 radical (unpaired) electrons. The summed E-state index contributed by atoms with van der Waals surface area (Å²) in [5.74, 6) is 0.793. The fourth-order valence-electron chi connectivity index (χ4n) is 1.47. The summed E-state index contributed by atoms with van der Waals surface area (Å²) in [7, 11) is 0. The summed E-state index contributed by atoms with van der Waals surface area (Å²) in [6, 6.07) is 5.60. The summed E-state index contributed by atoms with van der Waals surface area (Å²) in [5, 5.41) is 5.55. The van der Waals surface area contributed by atoms with Crippen molar-refractivity contribution < 1.29 is 0 Å². The van der Waals surface area contributed by atoms with Gasteiger partial charge in [0.2, 0.25) is 0 Å². The smallest absolute Gasteiger partial charge is 0.189 e. The second-order valence-corrected chi connectivity index (χ2v) is 4.60. The van der Waals surface area contributed by atoms with E-state index in [1.807, 2.05) is 24.5 Å². The van der Waals surface area contributed by atoms with Gasteiger partial charge in [0.1, 0.15) is 5.82 Å². The Bertz CT molecular complexity index is 557. The van der Waals surface area contributed by atoms with Gasteiger partial charge in [-0.25, -0.2) is 9.97 Å². The highest BCUT2D eigenvalue weighted by Gasteiger charge is 2.07. The Kier molecular flexibility index (Phi) is 3.86. The number of nitrogens with zero attached hydrogens (tertiary/aromatic N) is 2. The van der Waals surface area contributed by atoms with E-state index >= 15 is 0 Å². The first kappa shape index (κ1) is 12.2. The Labute approximate surface area is 109 Å². The Morgan fingerprint density at radius 3 is 3.00 bits per heavy atom. The Morgan fingerprint density at radius 2 is 2.29 bits per heavy atom. The lowest BCUT2D eigenvalue weighted by molar-refractivity contribution is 1.00. The maximum absolute atomic E-state index is 5.99. The molecule has 0 bridgehead atoms. The number of thioether (sulfide) groups is 1. The molecule has 0 aliphatic carbocycles. The van der Waals surface area contributed by atoms with E-state index in [9.17, 15) is 0 Å². The van der Waals surface area contributed by atoms with Crippen molar-refractivity contribution in [1.82, 2.24) is 9.97 Å². The minimum Gasteiger partial charge on any atom is -0.366 e. The molecule has 0 saturated heterocycles. The summed E-state index contributed by atoms with van der Waals surface area (Å²) in [4.78, 5) is 8.86. The van der Waals surface area contributed by atoms with E-state index in [4.69, 9.17) is 11.6 Å². The van der Waals surface area contributed by atoms with Gasteiger partial charge >= 0.3 is 0 Å². The highest BCUT2D eigenvalue weighted by atomic mass is 35.5. The van der Waals surface area contributed by atoms with E-state index in [0.29, 0.717) is 11.6 Å². The van der Waals surface area contributed by atoms with Crippen LogP contribution in [0.15, 0.2) is 36.0 Å². The van der Waals surface area contributed by atoms with Crippen LogP contribution in [0.2, 0.25) is 5.02 Å². The second-order valence-electron chi connectivity index (χ2n) is 3.39. The number of fused-ring (bicyclic) bond motifs is 1. The molecule has 0 fully saturated rings. The summed E-state index contributed by atoms with van der Waals surface area (Å²) >= 11 is 7.50. The number of hydrogen-bond donors (Lipinski definition) is 1. The zero-order valence-electron chi connectivity index (χ0n) is 9.40. The van der Waals surface area contributed by atoms with Gasteiger partial charge < -0.3 is 5.32 Å². The van der Waals surface area contributed by atoms with E-state index < -0.39 is 0 Å². The standard InChI is InChI=1S/C12H12ClN3S/c1-3-6-14-11-9-7-8(13)4-5-10(9)15-12(16-11)17-2/h3-5,7H,1,6H2,2H3,(H,14,15,16). The summed E-state index contributed by atoms with van der Waals surface area (Å²) < 4.78 is 0. The summed E-state index contributed by atoms with van der Waals surface area (Å²) in [6.45, 7) is 4.34. The maximum atomic E-state index is 5.99. The minimum absolute atomic E-state index is 0.659. The van der Waals surface area contributed by atoms with Crippen LogP contribution < -0.4 is 5.32 Å². The van der Waals surface area contributed by atoms with Crippen molar-refractivity contribution in [3.63, 3.8) is 0 Å². The number of anilines is 1. The van der Waals surface area contributed by atoms with Gasteiger partial charge in [-0.3, -0.25) is 0 Å². The quantitative estimate of drug-likeness (QED) is 0.521. The molecule has 17 heavy (non-hydrogen) atoms. The van der Waals surface area contributed by atoms with E-state index in [1.54, 1.807) is 6.08 Å². The van der Waals surface area contributed by atoms with Crippen LogP contribution >= 0.6 is 23.4 Å². The molecule has 0 saturated carbocycles. The zero-order chi connectivity index (χ0) is 12.3. The molecule has 0 amide bonds. The second kappa shape index (κ2) is 5.38. The Hall–Kier alpha value is -1.26. The molecule has 88 valence electrons. The molecular formula is C12H12ClN3S. The van der Waals surface area contributed by atoms with E-state index in [2.05, 4.69) is 21.9 Å². The Morgan fingerprint density at radius 1 is 1.47 bits per heavy atom. The zero-order valence-corrected chi connectivity index (χ0v) is 11.0. The van der Waals surface area contributed by atoms with Gasteiger partial charge in [-0.05, 0) is 24.5 Å². The van der Waals surface area contributed by atoms with Crippen molar-refractivity contribution in [1.29, 1.82) is 0 Å². The van der Waals surface area contributed by atoms with Gasteiger partial charge in [0.25, 0.3) is 0 Å². The number of benzene rings is 1. The van der Waals surface area contributed by atoms with Crippen molar-refractivity contribution in [2.45, 2.75) is 5.16 Å². The fourth-order valence-corrected chi connectivity index (χ4v) is 2.02. The molecular weight excluding hydrogens is 254 g/mol. The molecule has 5 heteroatoms. The van der Waals surface area contributed by atoms with Crippen molar-refractivity contribution in [2.24, 2.45) is 0 Å². The average Bonchev–Trinajstić information content (AvgIpc) is 2.35. The molecule has 0 aliphatic heterocycles. The van der Waals surface area contributed by atoms with Gasteiger partial charge in [-0.1, -0.05) is 29.4 Å². The van der Waals surface area contributed by atoms with E-state index in [1.165, 1.54) is 11.8 Å². The largest absolute Gasteiger partial charge is 0.366 e. The van der Waals surface area contributed by atoms with Crippen molar-refractivity contribution in [3.8, 4) is 0 Å². The maximum Gasteiger partial charge on any atom is 0.189 e. The molecule has 1 heterocycles. The van der Waals surface area contributed by atoms with E-state index in [-0.39, 0.29) is 0 Å². The molecule has 1 aromatic carbocycles. The monoisotopic (exact) mass is 265 g/mol. The molecule has 3 nitrogen and oxygen atoms in total. The normalized spacial score (nSPS) is 10.5. The first-order valence-corrected chi connectivity index (χ1v) is 6.71. The van der Waals surface area contributed by atoms with Crippen LogP contribution in [0, 0.1) is 0 Å². The number of nitrogens with one attached hydrogen (secondary N) is 1. The molecule has 1 N–H and O–H groups in total. The third kappa shape index (κ3) is 2.70. The van der Waals surface area contributed by atoms with Crippen LogP contribution in [0.5, 0.6) is 0 Å². The highest BCUT2D eigenvalue weighted by Crippen LogP contribution is 2.26. The third-order valence-corrected chi connectivity index (χ3v) is 3.02. The van der Waals surface area contributed by atoms with Crippen molar-refractivity contribution in [2.75, 3.05) is 18.1 Å². The number of rotatable bonds is 4. The van der Waals surface area contributed by atoms with Crippen LogP contribution in [0.1, 0.15) is 0 Å². The first-order valence-electron chi connectivity index (χ1n) is 5.10. The molecule has 0 atom stereocenters. The molecule has 2 rings (SSSR count). The number of hydrogen-bond acceptors (Lipinski definition) is 4. The predicted molar refractivity (Wildman–Crippen MR) is 75.0 cm³/mol. The lowest BCUT2D eigenvalue weighted by Crippen LogP contribution is -2.03. The van der Waals surface area contributed by atoms with Crippen LogP contribution in [0.3, 0.4) is 0 Å². The van der Waals surface area contributed by atoms with E-state index in [0.717, 1.165) is 21.9 Å². The van der Waals surface area contributed by atoms with Gasteiger partial charge in [0, 0.05) is 17.0 Å². The van der Waals surface area contributed by atoms with Crippen LogP contribution in [0.4, 0.5) is 5.82 Å². The lowest BCUT2D eigenvalue weighted by atomic mass is 10.2. The molecule has 0 spiro atoms. The third-order valence-electron chi connectivity index (χ3n) is 2.23. The van der Waals surface area contributed by atoms with Gasteiger partial charge in [0.15, 0.2) is 5.16 Å². The molecule has 0 aliphatic rings. The molecule has 2 aromatic rings. The predicted octanol–water partition coefficient (Wildman–Crippen LogP) is 3.60. The van der Waals surface area contributed by atoms with Crippen molar-refractivity contribution in [3.05, 3.63) is 35.9 Å². The molecule has 1 aromatic heterocycles. The SMILES string of the molecule is C=CCNc1nc(SC)nc2ccc(Cl)cc12. The fraction of sp³-hybridized carbons (Fsp3) is 0.167. The van der Waals surface area contributed by atoms with Crippen LogP contribution in [-0.2, 0) is 0 Å². The van der Waals surface area contributed by atoms with Gasteiger partial charge in [-0.2, -0.15) is 0 Å². The van der Waals surface area contributed by atoms with Gasteiger partial charge in [-0.15, -0.1) is 6.58 Å². The number of halogens is 1. The van der Waals surface area contributed by atoms with Crippen molar-refractivity contribution >= 4 is 40.1 Å². The Balaban J connectivity index is 2.58. The average molecular weight is 266 g/mol. The summed E-state index contributed by atoms with van der Waals surface area (Å²) in [5.41, 5.74) is 0.889. The van der Waals surface area contributed by atoms with Crippen LogP contribution in [-0.4, -0.2) is 22.8 Å².